The Morgan fingerprint density at radius 1 is 1.29 bits per heavy atom. The van der Waals surface area contributed by atoms with E-state index in [9.17, 15) is 19.5 Å². The van der Waals surface area contributed by atoms with Crippen LogP contribution in [0.5, 0.6) is 0 Å². The minimum absolute atomic E-state index is 0.0653. The van der Waals surface area contributed by atoms with Gasteiger partial charge < -0.3 is 20.7 Å². The number of aromatic nitrogens is 1. The van der Waals surface area contributed by atoms with Crippen LogP contribution in [-0.2, 0) is 16.0 Å². The number of nitrogens with one attached hydrogen (secondary N) is 3. The monoisotopic (exact) mass is 386 g/mol. The summed E-state index contributed by atoms with van der Waals surface area (Å²) in [6, 6.07) is 6.12. The molecular formula is C20H26N4O4. The van der Waals surface area contributed by atoms with Crippen LogP contribution >= 0.6 is 0 Å². The average molecular weight is 386 g/mol. The van der Waals surface area contributed by atoms with Crippen LogP contribution in [-0.4, -0.2) is 58.1 Å². The molecular weight excluding hydrogens is 360 g/mol. The molecule has 4 amide bonds. The van der Waals surface area contributed by atoms with Gasteiger partial charge in [-0.05, 0) is 24.0 Å². The molecule has 8 nitrogen and oxygen atoms in total. The van der Waals surface area contributed by atoms with Crippen molar-refractivity contribution in [3.63, 3.8) is 0 Å². The fourth-order valence-corrected chi connectivity index (χ4v) is 3.37. The quantitative estimate of drug-likeness (QED) is 0.510. The third-order valence-corrected chi connectivity index (χ3v) is 5.12. The molecule has 1 fully saturated rings. The minimum atomic E-state index is -0.873. The summed E-state index contributed by atoms with van der Waals surface area (Å²) in [5.74, 6) is -0.703. The van der Waals surface area contributed by atoms with Crippen LogP contribution in [0.15, 0.2) is 30.5 Å². The Kier molecular flexibility index (Phi) is 5.99. The van der Waals surface area contributed by atoms with Gasteiger partial charge in [-0.15, -0.1) is 0 Å². The average Bonchev–Trinajstić information content (AvgIpc) is 3.19. The standard InChI is InChI=1S/C20H26N4O4/c1-12(2)17(11-25)22-18(26)9-16-19(27)24(20(28)23-16)8-7-13-10-21-15-6-4-3-5-14(13)15/h3-6,10,12,16-17,21,25H,7-9,11H2,1-2H3,(H,22,26)(H,23,28)/t16-,17+/m0/s1. The topological polar surface area (TPSA) is 115 Å². The van der Waals surface area contributed by atoms with E-state index in [-0.39, 0.29) is 37.4 Å². The summed E-state index contributed by atoms with van der Waals surface area (Å²) in [4.78, 5) is 41.3. The number of para-hydroxylation sites is 1. The number of aromatic amines is 1. The molecule has 1 saturated heterocycles. The highest BCUT2D eigenvalue weighted by Crippen LogP contribution is 2.19. The summed E-state index contributed by atoms with van der Waals surface area (Å²) in [7, 11) is 0. The van der Waals surface area contributed by atoms with Gasteiger partial charge in [0.25, 0.3) is 5.91 Å². The molecule has 0 spiro atoms. The lowest BCUT2D eigenvalue weighted by Gasteiger charge is -2.20. The molecule has 0 aliphatic carbocycles. The Labute approximate surface area is 163 Å². The summed E-state index contributed by atoms with van der Waals surface area (Å²) in [5.41, 5.74) is 2.04. The third kappa shape index (κ3) is 4.17. The number of carbonyl (C=O) groups excluding carboxylic acids is 3. The number of hydrogen-bond donors (Lipinski definition) is 4. The van der Waals surface area contributed by atoms with Crippen molar-refractivity contribution in [3.05, 3.63) is 36.0 Å². The molecule has 0 bridgehead atoms. The first kappa shape index (κ1) is 19.9. The summed E-state index contributed by atoms with van der Waals surface area (Å²) in [6.07, 6.45) is 2.27. The fourth-order valence-electron chi connectivity index (χ4n) is 3.37. The number of carbonyl (C=O) groups is 3. The predicted octanol–water partition coefficient (Wildman–Crippen LogP) is 1.15. The number of H-pyrrole nitrogens is 1. The molecule has 1 aliphatic heterocycles. The molecule has 8 heteroatoms. The number of amides is 4. The second-order valence-corrected chi connectivity index (χ2v) is 7.41. The number of benzene rings is 1. The summed E-state index contributed by atoms with van der Waals surface area (Å²) < 4.78 is 0. The van der Waals surface area contributed by atoms with Crippen molar-refractivity contribution in [1.82, 2.24) is 20.5 Å². The highest BCUT2D eigenvalue weighted by molar-refractivity contribution is 6.05. The first-order valence-electron chi connectivity index (χ1n) is 9.47. The molecule has 1 aliphatic rings. The van der Waals surface area contributed by atoms with Crippen LogP contribution in [0.4, 0.5) is 4.79 Å². The van der Waals surface area contributed by atoms with Gasteiger partial charge in [0.2, 0.25) is 5.91 Å². The first-order chi connectivity index (χ1) is 13.4. The maximum Gasteiger partial charge on any atom is 0.324 e. The van der Waals surface area contributed by atoms with Crippen LogP contribution in [0.1, 0.15) is 25.8 Å². The van der Waals surface area contributed by atoms with E-state index in [1.807, 2.05) is 44.3 Å². The highest BCUT2D eigenvalue weighted by atomic mass is 16.3. The van der Waals surface area contributed by atoms with E-state index in [2.05, 4.69) is 15.6 Å². The lowest BCUT2D eigenvalue weighted by atomic mass is 10.0. The van der Waals surface area contributed by atoms with Gasteiger partial charge in [0.05, 0.1) is 19.1 Å². The zero-order chi connectivity index (χ0) is 20.3. The first-order valence-corrected chi connectivity index (χ1v) is 9.47. The lowest BCUT2D eigenvalue weighted by Crippen LogP contribution is -2.44. The van der Waals surface area contributed by atoms with Crippen LogP contribution in [0.3, 0.4) is 0 Å². The van der Waals surface area contributed by atoms with Crippen molar-refractivity contribution in [2.45, 2.75) is 38.8 Å². The minimum Gasteiger partial charge on any atom is -0.394 e. The fraction of sp³-hybridized carbons (Fsp3) is 0.450. The molecule has 0 unspecified atom stereocenters. The second kappa shape index (κ2) is 8.43. The Morgan fingerprint density at radius 3 is 2.75 bits per heavy atom. The zero-order valence-electron chi connectivity index (χ0n) is 16.1. The zero-order valence-corrected chi connectivity index (χ0v) is 16.1. The van der Waals surface area contributed by atoms with E-state index in [4.69, 9.17) is 0 Å². The van der Waals surface area contributed by atoms with Gasteiger partial charge in [0.15, 0.2) is 0 Å². The van der Waals surface area contributed by atoms with Gasteiger partial charge in [-0.3, -0.25) is 14.5 Å². The molecule has 0 saturated carbocycles. The molecule has 2 aromatic rings. The molecule has 3 rings (SSSR count). The maximum atomic E-state index is 12.6. The number of nitrogens with zero attached hydrogens (tertiary/aromatic N) is 1. The highest BCUT2D eigenvalue weighted by Gasteiger charge is 2.39. The van der Waals surface area contributed by atoms with Crippen LogP contribution in [0.2, 0.25) is 0 Å². The number of aliphatic hydroxyl groups excluding tert-OH is 1. The normalized spacial score (nSPS) is 18.0. The van der Waals surface area contributed by atoms with Crippen LogP contribution in [0.25, 0.3) is 10.9 Å². The van der Waals surface area contributed by atoms with Gasteiger partial charge >= 0.3 is 6.03 Å². The van der Waals surface area contributed by atoms with E-state index in [1.54, 1.807) is 0 Å². The summed E-state index contributed by atoms with van der Waals surface area (Å²) in [5, 5.41) is 15.7. The van der Waals surface area contributed by atoms with Crippen molar-refractivity contribution < 1.29 is 19.5 Å². The Hall–Kier alpha value is -2.87. The number of urea groups is 1. The molecule has 2 atom stereocenters. The van der Waals surface area contributed by atoms with E-state index < -0.39 is 18.0 Å². The maximum absolute atomic E-state index is 12.6. The van der Waals surface area contributed by atoms with Crippen LogP contribution in [0, 0.1) is 5.92 Å². The van der Waals surface area contributed by atoms with Crippen molar-refractivity contribution >= 4 is 28.7 Å². The third-order valence-electron chi connectivity index (χ3n) is 5.12. The number of hydrogen-bond acceptors (Lipinski definition) is 4. The van der Waals surface area contributed by atoms with E-state index in [0.717, 1.165) is 21.4 Å². The van der Waals surface area contributed by atoms with Crippen LogP contribution < -0.4 is 10.6 Å². The molecule has 4 N–H and O–H groups in total. The number of aliphatic hydroxyl groups is 1. The Morgan fingerprint density at radius 2 is 2.04 bits per heavy atom. The van der Waals surface area contributed by atoms with Crippen molar-refractivity contribution in [3.8, 4) is 0 Å². The van der Waals surface area contributed by atoms with E-state index in [1.165, 1.54) is 0 Å². The van der Waals surface area contributed by atoms with Crippen molar-refractivity contribution in [2.24, 2.45) is 5.92 Å². The largest absolute Gasteiger partial charge is 0.394 e. The van der Waals surface area contributed by atoms with E-state index in [0.29, 0.717) is 6.42 Å². The predicted molar refractivity (Wildman–Crippen MR) is 105 cm³/mol. The van der Waals surface area contributed by atoms with Gasteiger partial charge in [0, 0.05) is 23.6 Å². The molecule has 0 radical (unpaired) electrons. The summed E-state index contributed by atoms with van der Waals surface area (Å²) >= 11 is 0. The van der Waals surface area contributed by atoms with Gasteiger partial charge in [-0.25, -0.2) is 4.79 Å². The summed E-state index contributed by atoms with van der Waals surface area (Å²) in [6.45, 7) is 3.84. The molecule has 2 heterocycles. The van der Waals surface area contributed by atoms with Crippen molar-refractivity contribution in [2.75, 3.05) is 13.2 Å². The number of rotatable bonds is 8. The smallest absolute Gasteiger partial charge is 0.324 e. The number of fused-ring (bicyclic) bond motifs is 1. The Balaban J connectivity index is 1.58. The number of imide groups is 1. The SMILES string of the molecule is CC(C)[C@@H](CO)NC(=O)C[C@@H]1NC(=O)N(CCc2c[nH]c3ccccc23)C1=O. The molecule has 150 valence electrons. The lowest BCUT2D eigenvalue weighted by molar-refractivity contribution is -0.131. The molecule has 1 aromatic heterocycles. The molecule has 28 heavy (non-hydrogen) atoms. The molecule has 1 aromatic carbocycles. The van der Waals surface area contributed by atoms with Gasteiger partial charge in [0.1, 0.15) is 6.04 Å². The van der Waals surface area contributed by atoms with Crippen molar-refractivity contribution in [1.29, 1.82) is 0 Å². The van der Waals surface area contributed by atoms with Gasteiger partial charge in [-0.1, -0.05) is 32.0 Å². The second-order valence-electron chi connectivity index (χ2n) is 7.41. The Bertz CT molecular complexity index is 876. The van der Waals surface area contributed by atoms with E-state index >= 15 is 0 Å². The van der Waals surface area contributed by atoms with Gasteiger partial charge in [-0.2, -0.15) is 0 Å².